The normalized spacial score (nSPS) is 9.82. The van der Waals surface area contributed by atoms with E-state index in [0.717, 1.165) is 5.56 Å². The van der Waals surface area contributed by atoms with E-state index in [1.165, 1.54) is 0 Å². The second kappa shape index (κ2) is 6.75. The number of rotatable bonds is 6. The fourth-order valence-electron chi connectivity index (χ4n) is 1.35. The van der Waals surface area contributed by atoms with Crippen molar-refractivity contribution in [3.8, 4) is 11.5 Å². The predicted octanol–water partition coefficient (Wildman–Crippen LogP) is 0.539. The van der Waals surface area contributed by atoms with Gasteiger partial charge < -0.3 is 20.1 Å². The highest BCUT2D eigenvalue weighted by molar-refractivity contribution is 5.77. The molecule has 0 bridgehead atoms. The lowest BCUT2D eigenvalue weighted by molar-refractivity contribution is -0.122. The van der Waals surface area contributed by atoms with E-state index in [9.17, 15) is 4.79 Å². The number of hydrogen-bond donors (Lipinski definition) is 2. The Morgan fingerprint density at radius 2 is 2.12 bits per heavy atom. The van der Waals surface area contributed by atoms with Crippen LogP contribution < -0.4 is 20.1 Å². The molecule has 0 atom stereocenters. The molecule has 1 amide bonds. The Kier molecular flexibility index (Phi) is 5.29. The molecule has 0 spiro atoms. The average Bonchev–Trinajstić information content (AvgIpc) is 2.37. The third-order valence-corrected chi connectivity index (χ3v) is 2.28. The maximum absolute atomic E-state index is 11.1. The molecule has 1 aromatic carbocycles. The summed E-state index contributed by atoms with van der Waals surface area (Å²) in [5.74, 6) is 1.20. The van der Waals surface area contributed by atoms with Crippen LogP contribution in [0.25, 0.3) is 0 Å². The number of ether oxygens (including phenoxy) is 2. The van der Waals surface area contributed by atoms with E-state index in [1.807, 2.05) is 19.2 Å². The van der Waals surface area contributed by atoms with E-state index >= 15 is 0 Å². The smallest absolute Gasteiger partial charge is 0.257 e. The molecule has 0 aliphatic carbocycles. The molecule has 0 fully saturated rings. The second-order valence-electron chi connectivity index (χ2n) is 3.47. The molecule has 0 aromatic heterocycles. The summed E-state index contributed by atoms with van der Waals surface area (Å²) in [7, 11) is 5.02. The lowest BCUT2D eigenvalue weighted by atomic mass is 10.2. The summed E-state index contributed by atoms with van der Waals surface area (Å²) in [6, 6.07) is 5.55. The van der Waals surface area contributed by atoms with Gasteiger partial charge in [-0.05, 0) is 13.1 Å². The Bertz CT molecular complexity index is 380. The van der Waals surface area contributed by atoms with E-state index in [0.29, 0.717) is 18.0 Å². The number of benzene rings is 1. The van der Waals surface area contributed by atoms with Crippen molar-refractivity contribution in [1.29, 1.82) is 0 Å². The molecule has 0 unspecified atom stereocenters. The number of hydrogen-bond acceptors (Lipinski definition) is 4. The van der Waals surface area contributed by atoms with E-state index in [4.69, 9.17) is 9.47 Å². The molecule has 5 heteroatoms. The summed E-state index contributed by atoms with van der Waals surface area (Å²) >= 11 is 0. The summed E-state index contributed by atoms with van der Waals surface area (Å²) in [5, 5.41) is 5.55. The minimum absolute atomic E-state index is 0.000379. The van der Waals surface area contributed by atoms with Crippen LogP contribution >= 0.6 is 0 Å². The van der Waals surface area contributed by atoms with Gasteiger partial charge in [-0.25, -0.2) is 0 Å². The second-order valence-corrected chi connectivity index (χ2v) is 3.47. The van der Waals surface area contributed by atoms with Crippen LogP contribution in [-0.2, 0) is 11.3 Å². The molecule has 1 rings (SSSR count). The first-order valence-electron chi connectivity index (χ1n) is 5.36. The molecule has 0 aliphatic rings. The number of carbonyl (C=O) groups excluding carboxylic acids is 1. The van der Waals surface area contributed by atoms with Gasteiger partial charge in [0, 0.05) is 25.2 Å². The summed E-state index contributed by atoms with van der Waals surface area (Å²) in [6.45, 7) is 0.674. The van der Waals surface area contributed by atoms with Gasteiger partial charge in [0.2, 0.25) is 0 Å². The maximum atomic E-state index is 11.1. The van der Waals surface area contributed by atoms with Crippen molar-refractivity contribution in [3.05, 3.63) is 23.8 Å². The Morgan fingerprint density at radius 1 is 1.35 bits per heavy atom. The van der Waals surface area contributed by atoms with Crippen LogP contribution in [0.5, 0.6) is 11.5 Å². The van der Waals surface area contributed by atoms with Crippen LogP contribution in [0.1, 0.15) is 5.56 Å². The van der Waals surface area contributed by atoms with Crippen LogP contribution in [-0.4, -0.2) is 33.7 Å². The predicted molar refractivity (Wildman–Crippen MR) is 65.3 cm³/mol. The Balaban J connectivity index is 2.80. The number of likely N-dealkylation sites (N-methyl/N-ethyl adjacent to an activating group) is 1. The molecular weight excluding hydrogens is 220 g/mol. The Hall–Kier alpha value is -1.75. The fourth-order valence-corrected chi connectivity index (χ4v) is 1.35. The summed E-state index contributed by atoms with van der Waals surface area (Å²) in [4.78, 5) is 11.1. The maximum Gasteiger partial charge on any atom is 0.257 e. The van der Waals surface area contributed by atoms with E-state index in [-0.39, 0.29) is 12.5 Å². The minimum atomic E-state index is -0.164. The number of nitrogens with one attached hydrogen (secondary N) is 2. The number of amides is 1. The molecule has 94 valence electrons. The minimum Gasteiger partial charge on any atom is -0.497 e. The summed E-state index contributed by atoms with van der Waals surface area (Å²) in [5.41, 5.74) is 0.984. The van der Waals surface area contributed by atoms with Gasteiger partial charge in [-0.1, -0.05) is 6.07 Å². The SMILES string of the molecule is CNCc1ccc(OC)cc1OCC(=O)NC. The van der Waals surface area contributed by atoms with Crippen LogP contribution in [0.3, 0.4) is 0 Å². The topological polar surface area (TPSA) is 59.6 Å². The van der Waals surface area contributed by atoms with Crippen molar-refractivity contribution in [3.63, 3.8) is 0 Å². The summed E-state index contributed by atoms with van der Waals surface area (Å²) in [6.07, 6.45) is 0. The van der Waals surface area contributed by atoms with E-state index in [1.54, 1.807) is 20.2 Å². The van der Waals surface area contributed by atoms with Gasteiger partial charge in [-0.15, -0.1) is 0 Å². The van der Waals surface area contributed by atoms with Gasteiger partial charge in [0.15, 0.2) is 6.61 Å². The average molecular weight is 238 g/mol. The number of methoxy groups -OCH3 is 1. The number of carbonyl (C=O) groups is 1. The fraction of sp³-hybridized carbons (Fsp3) is 0.417. The molecule has 0 saturated heterocycles. The van der Waals surface area contributed by atoms with Gasteiger partial charge in [0.1, 0.15) is 11.5 Å². The zero-order valence-electron chi connectivity index (χ0n) is 10.4. The van der Waals surface area contributed by atoms with Gasteiger partial charge in [-0.3, -0.25) is 4.79 Å². The van der Waals surface area contributed by atoms with Crippen LogP contribution in [0.4, 0.5) is 0 Å². The first-order chi connectivity index (χ1) is 8.21. The Labute approximate surface area is 101 Å². The van der Waals surface area contributed by atoms with E-state index < -0.39 is 0 Å². The van der Waals surface area contributed by atoms with Crippen molar-refractivity contribution in [2.75, 3.05) is 27.8 Å². The third-order valence-electron chi connectivity index (χ3n) is 2.28. The van der Waals surface area contributed by atoms with Crippen LogP contribution in [0.15, 0.2) is 18.2 Å². The first-order valence-corrected chi connectivity index (χ1v) is 5.36. The van der Waals surface area contributed by atoms with Gasteiger partial charge in [0.05, 0.1) is 7.11 Å². The highest BCUT2D eigenvalue weighted by Crippen LogP contribution is 2.24. The Morgan fingerprint density at radius 3 is 2.71 bits per heavy atom. The first kappa shape index (κ1) is 13.3. The van der Waals surface area contributed by atoms with E-state index in [2.05, 4.69) is 10.6 Å². The van der Waals surface area contributed by atoms with Gasteiger partial charge in [-0.2, -0.15) is 0 Å². The highest BCUT2D eigenvalue weighted by Gasteiger charge is 2.07. The zero-order chi connectivity index (χ0) is 12.7. The van der Waals surface area contributed by atoms with Gasteiger partial charge in [0.25, 0.3) is 5.91 Å². The molecule has 0 aliphatic heterocycles. The lowest BCUT2D eigenvalue weighted by Gasteiger charge is -2.12. The van der Waals surface area contributed by atoms with Crippen molar-refractivity contribution in [2.45, 2.75) is 6.54 Å². The van der Waals surface area contributed by atoms with Crippen molar-refractivity contribution in [2.24, 2.45) is 0 Å². The molecule has 17 heavy (non-hydrogen) atoms. The van der Waals surface area contributed by atoms with Crippen LogP contribution in [0.2, 0.25) is 0 Å². The largest absolute Gasteiger partial charge is 0.497 e. The van der Waals surface area contributed by atoms with Crippen LogP contribution in [0, 0.1) is 0 Å². The molecule has 0 saturated carbocycles. The molecule has 0 heterocycles. The molecule has 1 aromatic rings. The molecule has 2 N–H and O–H groups in total. The standard InChI is InChI=1S/C12H18N2O3/c1-13-7-9-4-5-10(16-3)6-11(9)17-8-12(15)14-2/h4-6,13H,7-8H2,1-3H3,(H,14,15). The van der Waals surface area contributed by atoms with Crippen molar-refractivity contribution < 1.29 is 14.3 Å². The molecule has 5 nitrogen and oxygen atoms in total. The molecular formula is C12H18N2O3. The summed E-state index contributed by atoms with van der Waals surface area (Å²) < 4.78 is 10.6. The van der Waals surface area contributed by atoms with Gasteiger partial charge >= 0.3 is 0 Å². The third kappa shape index (κ3) is 3.96. The molecule has 0 radical (unpaired) electrons. The van der Waals surface area contributed by atoms with Crippen molar-refractivity contribution in [1.82, 2.24) is 10.6 Å². The monoisotopic (exact) mass is 238 g/mol. The van der Waals surface area contributed by atoms with Crippen molar-refractivity contribution >= 4 is 5.91 Å². The highest BCUT2D eigenvalue weighted by atomic mass is 16.5. The quantitative estimate of drug-likeness (QED) is 0.759. The lowest BCUT2D eigenvalue weighted by Crippen LogP contribution is -2.25. The zero-order valence-corrected chi connectivity index (χ0v) is 10.4.